The molecule has 6 fully saturated rings. The fourth-order valence-corrected chi connectivity index (χ4v) is 11.0. The number of nitrogens with zero attached hydrogens (tertiary/aromatic N) is 1. The maximum atomic E-state index is 3.07. The Hall–Kier alpha value is -0.0400. The van der Waals surface area contributed by atoms with E-state index in [1.807, 2.05) is 0 Å². The lowest BCUT2D eigenvalue weighted by atomic mass is 9.44. The van der Waals surface area contributed by atoms with Gasteiger partial charge in [-0.15, -0.1) is 0 Å². The fraction of sp³-hybridized carbons (Fsp3) is 1.00. The molecule has 158 valence electrons. The highest BCUT2D eigenvalue weighted by atomic mass is 15.2. The molecule has 0 spiro atoms. The average molecular weight is 384 g/mol. The summed E-state index contributed by atoms with van der Waals surface area (Å²) in [5.41, 5.74) is 1.36. The molecule has 2 saturated heterocycles. The molecule has 11 atom stereocenters. The van der Waals surface area contributed by atoms with Gasteiger partial charge in [-0.3, -0.25) is 4.90 Å². The highest BCUT2D eigenvalue weighted by Gasteiger charge is 2.66. The first-order valence-corrected chi connectivity index (χ1v) is 13.2. The first-order chi connectivity index (χ1) is 13.4. The molecule has 0 bridgehead atoms. The van der Waals surface area contributed by atoms with Crippen molar-refractivity contribution in [1.29, 1.82) is 0 Å². The van der Waals surface area contributed by atoms with E-state index in [4.69, 9.17) is 0 Å². The Labute approximate surface area is 174 Å². The van der Waals surface area contributed by atoms with Crippen molar-refractivity contribution in [3.8, 4) is 0 Å². The Kier molecular flexibility index (Phi) is 4.17. The molecular formula is C27H45N. The minimum atomic E-state index is 0.656. The lowest BCUT2D eigenvalue weighted by Gasteiger charge is -2.60. The third-order valence-corrected chi connectivity index (χ3v) is 12.2. The maximum Gasteiger partial charge on any atom is 0.0138 e. The van der Waals surface area contributed by atoms with Crippen LogP contribution < -0.4 is 0 Å². The number of hydrogen-bond acceptors (Lipinski definition) is 1. The zero-order chi connectivity index (χ0) is 19.3. The summed E-state index contributed by atoms with van der Waals surface area (Å²) in [6.07, 6.45) is 17.0. The molecule has 0 aromatic carbocycles. The molecular weight excluding hydrogens is 338 g/mol. The van der Waals surface area contributed by atoms with Crippen LogP contribution in [0, 0.1) is 52.3 Å². The summed E-state index contributed by atoms with van der Waals surface area (Å²) in [6.45, 7) is 12.1. The summed E-state index contributed by atoms with van der Waals surface area (Å²) in [4.78, 5) is 3.07. The standard InChI is InChI=1S/C27H45N/c1-17-8-11-23-18(2)25-24(28(23)16-17)15-22-20-10-9-19-7-5-6-13-26(19,3)21(20)12-14-27(22,25)4/h17-25H,5-16H2,1-4H3. The van der Waals surface area contributed by atoms with Gasteiger partial charge < -0.3 is 0 Å². The molecule has 0 radical (unpaired) electrons. The van der Waals surface area contributed by atoms with Gasteiger partial charge in [-0.1, -0.05) is 40.5 Å². The quantitative estimate of drug-likeness (QED) is 0.446. The van der Waals surface area contributed by atoms with Crippen molar-refractivity contribution in [1.82, 2.24) is 4.90 Å². The molecule has 4 aliphatic carbocycles. The SMILES string of the molecule is CC1CCC2C(C)C3C(CC4C5CCC6CCCCC6(C)C5CCC43C)N2C1. The minimum absolute atomic E-state index is 0.656. The molecule has 0 aromatic heterocycles. The van der Waals surface area contributed by atoms with Gasteiger partial charge in [0.2, 0.25) is 0 Å². The molecule has 0 aromatic rings. The van der Waals surface area contributed by atoms with Gasteiger partial charge in [-0.05, 0) is 110 Å². The van der Waals surface area contributed by atoms with Gasteiger partial charge in [0.15, 0.2) is 0 Å². The van der Waals surface area contributed by atoms with Gasteiger partial charge in [0.1, 0.15) is 0 Å². The van der Waals surface area contributed by atoms with Crippen LogP contribution in [0.15, 0.2) is 0 Å². The normalized spacial score (nSPS) is 61.1. The van der Waals surface area contributed by atoms with Crippen molar-refractivity contribution in [2.75, 3.05) is 6.54 Å². The topological polar surface area (TPSA) is 3.24 Å². The van der Waals surface area contributed by atoms with Crippen molar-refractivity contribution < 1.29 is 0 Å². The zero-order valence-corrected chi connectivity index (χ0v) is 19.1. The van der Waals surface area contributed by atoms with Crippen LogP contribution in [-0.2, 0) is 0 Å². The molecule has 1 heteroatoms. The third kappa shape index (κ3) is 2.29. The lowest BCUT2D eigenvalue weighted by molar-refractivity contribution is -0.114. The largest absolute Gasteiger partial charge is 0.297 e. The molecule has 4 saturated carbocycles. The van der Waals surface area contributed by atoms with Crippen molar-refractivity contribution in [2.45, 2.75) is 110 Å². The Bertz CT molecular complexity index is 628. The molecule has 6 aliphatic rings. The van der Waals surface area contributed by atoms with Crippen molar-refractivity contribution in [3.05, 3.63) is 0 Å². The third-order valence-electron chi connectivity index (χ3n) is 12.2. The minimum Gasteiger partial charge on any atom is -0.297 e. The van der Waals surface area contributed by atoms with Gasteiger partial charge in [0.25, 0.3) is 0 Å². The van der Waals surface area contributed by atoms with Crippen LogP contribution in [0.5, 0.6) is 0 Å². The Balaban J connectivity index is 1.32. The van der Waals surface area contributed by atoms with Crippen LogP contribution in [0.3, 0.4) is 0 Å². The Morgan fingerprint density at radius 3 is 2.46 bits per heavy atom. The average Bonchev–Trinajstić information content (AvgIpc) is 3.14. The van der Waals surface area contributed by atoms with E-state index in [9.17, 15) is 0 Å². The zero-order valence-electron chi connectivity index (χ0n) is 19.1. The highest BCUT2D eigenvalue weighted by molar-refractivity contribution is 5.17. The second-order valence-corrected chi connectivity index (χ2v) is 13.1. The molecule has 28 heavy (non-hydrogen) atoms. The molecule has 1 nitrogen and oxygen atoms in total. The van der Waals surface area contributed by atoms with Crippen LogP contribution in [0.2, 0.25) is 0 Å². The van der Waals surface area contributed by atoms with Gasteiger partial charge in [-0.25, -0.2) is 0 Å². The van der Waals surface area contributed by atoms with E-state index in [0.29, 0.717) is 10.8 Å². The molecule has 0 N–H and O–H groups in total. The van der Waals surface area contributed by atoms with E-state index in [1.165, 1.54) is 32.2 Å². The van der Waals surface area contributed by atoms with Crippen molar-refractivity contribution in [3.63, 3.8) is 0 Å². The molecule has 2 heterocycles. The monoisotopic (exact) mass is 383 g/mol. The summed E-state index contributed by atoms with van der Waals surface area (Å²) < 4.78 is 0. The first-order valence-electron chi connectivity index (χ1n) is 13.2. The highest BCUT2D eigenvalue weighted by Crippen LogP contribution is 2.70. The Morgan fingerprint density at radius 2 is 1.61 bits per heavy atom. The second kappa shape index (κ2) is 6.24. The molecule has 0 amide bonds. The van der Waals surface area contributed by atoms with Crippen LogP contribution in [-0.4, -0.2) is 23.5 Å². The van der Waals surface area contributed by atoms with Crippen LogP contribution in [0.25, 0.3) is 0 Å². The lowest BCUT2D eigenvalue weighted by Crippen LogP contribution is -2.53. The van der Waals surface area contributed by atoms with Gasteiger partial charge >= 0.3 is 0 Å². The molecule has 6 rings (SSSR count). The van der Waals surface area contributed by atoms with Crippen LogP contribution >= 0.6 is 0 Å². The number of rotatable bonds is 0. The maximum absolute atomic E-state index is 3.07. The van der Waals surface area contributed by atoms with E-state index in [0.717, 1.165) is 53.5 Å². The van der Waals surface area contributed by atoms with Gasteiger partial charge in [-0.2, -0.15) is 0 Å². The number of hydrogen-bond donors (Lipinski definition) is 0. The van der Waals surface area contributed by atoms with Gasteiger partial charge in [0, 0.05) is 18.6 Å². The Morgan fingerprint density at radius 1 is 0.750 bits per heavy atom. The molecule has 2 aliphatic heterocycles. The van der Waals surface area contributed by atoms with Crippen molar-refractivity contribution >= 4 is 0 Å². The van der Waals surface area contributed by atoms with Gasteiger partial charge in [0.05, 0.1) is 0 Å². The van der Waals surface area contributed by atoms with Crippen LogP contribution in [0.1, 0.15) is 98.3 Å². The summed E-state index contributed by atoms with van der Waals surface area (Å²) in [5.74, 6) is 7.13. The predicted molar refractivity (Wildman–Crippen MR) is 117 cm³/mol. The summed E-state index contributed by atoms with van der Waals surface area (Å²) in [7, 11) is 0. The van der Waals surface area contributed by atoms with E-state index in [1.54, 1.807) is 44.9 Å². The second-order valence-electron chi connectivity index (χ2n) is 13.1. The van der Waals surface area contributed by atoms with Crippen LogP contribution in [0.4, 0.5) is 0 Å². The first kappa shape index (κ1) is 18.7. The predicted octanol–water partition coefficient (Wildman–Crippen LogP) is 6.76. The smallest absolute Gasteiger partial charge is 0.0138 e. The van der Waals surface area contributed by atoms with E-state index in [2.05, 4.69) is 32.6 Å². The fourth-order valence-electron chi connectivity index (χ4n) is 11.0. The summed E-state index contributed by atoms with van der Waals surface area (Å²) >= 11 is 0. The number of piperidine rings is 1. The summed E-state index contributed by atoms with van der Waals surface area (Å²) in [5, 5.41) is 0. The number of fused-ring (bicyclic) bond motifs is 9. The van der Waals surface area contributed by atoms with Crippen molar-refractivity contribution in [2.24, 2.45) is 52.3 Å². The van der Waals surface area contributed by atoms with E-state index >= 15 is 0 Å². The summed E-state index contributed by atoms with van der Waals surface area (Å²) in [6, 6.07) is 1.86. The molecule has 11 unspecified atom stereocenters. The van der Waals surface area contributed by atoms with E-state index in [-0.39, 0.29) is 0 Å². The van der Waals surface area contributed by atoms with E-state index < -0.39 is 0 Å².